The number of nitrogens with zero attached hydrogens (tertiary/aromatic N) is 1. The highest BCUT2D eigenvalue weighted by molar-refractivity contribution is 6.42. The number of rotatable bonds is 1. The molecule has 1 amide bonds. The van der Waals surface area contributed by atoms with E-state index in [1.165, 1.54) is 0 Å². The first-order valence-corrected chi connectivity index (χ1v) is 7.30. The number of carbonyl (C=O) groups is 1. The third kappa shape index (κ3) is 2.24. The normalized spacial score (nSPS) is 29.6. The van der Waals surface area contributed by atoms with Crippen LogP contribution in [0.2, 0.25) is 10.0 Å². The second-order valence-corrected chi connectivity index (χ2v) is 6.22. The van der Waals surface area contributed by atoms with Crippen molar-refractivity contribution in [2.75, 3.05) is 19.6 Å². The lowest BCUT2D eigenvalue weighted by atomic mass is 9.95. The SMILES string of the molecule is CC1C2CNCC2CN1C(=O)c1ccc(Cl)c(Cl)c1. The Labute approximate surface area is 122 Å². The van der Waals surface area contributed by atoms with Crippen molar-refractivity contribution < 1.29 is 4.79 Å². The summed E-state index contributed by atoms with van der Waals surface area (Å²) in [4.78, 5) is 14.5. The molecule has 1 N–H and O–H groups in total. The summed E-state index contributed by atoms with van der Waals surface area (Å²) >= 11 is 11.9. The van der Waals surface area contributed by atoms with Gasteiger partial charge in [0, 0.05) is 31.2 Å². The van der Waals surface area contributed by atoms with Crippen molar-refractivity contribution in [1.82, 2.24) is 10.2 Å². The number of amides is 1. The Morgan fingerprint density at radius 3 is 2.79 bits per heavy atom. The third-order valence-electron chi connectivity index (χ3n) is 4.36. The molecule has 102 valence electrons. The number of hydrogen-bond acceptors (Lipinski definition) is 2. The molecule has 3 rings (SSSR count). The summed E-state index contributed by atoms with van der Waals surface area (Å²) in [5, 5.41) is 4.31. The molecule has 2 fully saturated rings. The van der Waals surface area contributed by atoms with Crippen LogP contribution >= 0.6 is 23.2 Å². The summed E-state index contributed by atoms with van der Waals surface area (Å²) in [5.74, 6) is 1.22. The first-order valence-electron chi connectivity index (χ1n) is 6.54. The highest BCUT2D eigenvalue weighted by Crippen LogP contribution is 2.33. The van der Waals surface area contributed by atoms with Gasteiger partial charge in [-0.1, -0.05) is 23.2 Å². The summed E-state index contributed by atoms with van der Waals surface area (Å²) in [6.45, 7) is 4.99. The molecule has 0 saturated carbocycles. The van der Waals surface area contributed by atoms with Gasteiger partial charge in [0.1, 0.15) is 0 Å². The molecule has 2 aliphatic heterocycles. The molecule has 1 aromatic carbocycles. The van der Waals surface area contributed by atoms with Gasteiger partial charge in [-0.15, -0.1) is 0 Å². The Morgan fingerprint density at radius 1 is 1.32 bits per heavy atom. The fourth-order valence-corrected chi connectivity index (χ4v) is 3.53. The second-order valence-electron chi connectivity index (χ2n) is 5.41. The highest BCUT2D eigenvalue weighted by atomic mass is 35.5. The average molecular weight is 299 g/mol. The summed E-state index contributed by atoms with van der Waals surface area (Å²) in [6, 6.07) is 5.36. The molecule has 0 aromatic heterocycles. The molecule has 0 spiro atoms. The van der Waals surface area contributed by atoms with E-state index < -0.39 is 0 Å². The zero-order chi connectivity index (χ0) is 13.6. The minimum absolute atomic E-state index is 0.0560. The van der Waals surface area contributed by atoms with E-state index in [4.69, 9.17) is 23.2 Å². The lowest BCUT2D eigenvalue weighted by Crippen LogP contribution is -2.38. The lowest BCUT2D eigenvalue weighted by Gasteiger charge is -2.24. The fourth-order valence-electron chi connectivity index (χ4n) is 3.23. The molecule has 0 bridgehead atoms. The van der Waals surface area contributed by atoms with Gasteiger partial charge in [0.25, 0.3) is 5.91 Å². The summed E-state index contributed by atoms with van der Waals surface area (Å²) in [5.41, 5.74) is 0.620. The Bertz CT molecular complexity index is 520. The summed E-state index contributed by atoms with van der Waals surface area (Å²) in [6.07, 6.45) is 0. The van der Waals surface area contributed by atoms with Crippen LogP contribution in [0.25, 0.3) is 0 Å². The molecule has 3 unspecified atom stereocenters. The average Bonchev–Trinajstić information content (AvgIpc) is 2.95. The maximum Gasteiger partial charge on any atom is 0.254 e. The molecule has 3 nitrogen and oxygen atoms in total. The minimum Gasteiger partial charge on any atom is -0.335 e. The van der Waals surface area contributed by atoms with Crippen LogP contribution in [0.5, 0.6) is 0 Å². The summed E-state index contributed by atoms with van der Waals surface area (Å²) in [7, 11) is 0. The van der Waals surface area contributed by atoms with Crippen molar-refractivity contribution in [3.8, 4) is 0 Å². The maximum atomic E-state index is 12.6. The van der Waals surface area contributed by atoms with E-state index >= 15 is 0 Å². The molecule has 2 heterocycles. The Morgan fingerprint density at radius 2 is 2.11 bits per heavy atom. The van der Waals surface area contributed by atoms with Gasteiger partial charge in [-0.25, -0.2) is 0 Å². The van der Waals surface area contributed by atoms with Crippen LogP contribution in [-0.4, -0.2) is 36.5 Å². The molecule has 19 heavy (non-hydrogen) atoms. The van der Waals surface area contributed by atoms with Crippen molar-refractivity contribution in [2.45, 2.75) is 13.0 Å². The van der Waals surface area contributed by atoms with E-state index in [9.17, 15) is 4.79 Å². The van der Waals surface area contributed by atoms with Crippen LogP contribution in [0.1, 0.15) is 17.3 Å². The van der Waals surface area contributed by atoms with Crippen molar-refractivity contribution in [3.63, 3.8) is 0 Å². The van der Waals surface area contributed by atoms with Gasteiger partial charge in [-0.2, -0.15) is 0 Å². The molecule has 0 radical (unpaired) electrons. The number of carbonyl (C=O) groups excluding carboxylic acids is 1. The molecular formula is C14H16Cl2N2O. The molecule has 2 aliphatic rings. The smallest absolute Gasteiger partial charge is 0.254 e. The number of halogens is 2. The number of hydrogen-bond donors (Lipinski definition) is 1. The zero-order valence-electron chi connectivity index (χ0n) is 10.7. The van der Waals surface area contributed by atoms with Crippen LogP contribution < -0.4 is 5.32 Å². The second kappa shape index (κ2) is 4.97. The number of likely N-dealkylation sites (tertiary alicyclic amines) is 1. The van der Waals surface area contributed by atoms with Gasteiger partial charge in [-0.3, -0.25) is 4.79 Å². The van der Waals surface area contributed by atoms with Crippen molar-refractivity contribution in [3.05, 3.63) is 33.8 Å². The van der Waals surface area contributed by atoms with Gasteiger partial charge in [0.2, 0.25) is 0 Å². The van der Waals surface area contributed by atoms with Crippen LogP contribution in [0.4, 0.5) is 0 Å². The number of benzene rings is 1. The molecule has 0 aliphatic carbocycles. The maximum absolute atomic E-state index is 12.6. The van der Waals surface area contributed by atoms with E-state index in [1.54, 1.807) is 18.2 Å². The predicted molar refractivity (Wildman–Crippen MR) is 76.8 cm³/mol. The first kappa shape index (κ1) is 13.2. The first-order chi connectivity index (χ1) is 9.08. The standard InChI is InChI=1S/C14H16Cl2N2O/c1-8-11-6-17-5-10(11)7-18(8)14(19)9-2-3-12(15)13(16)4-9/h2-4,8,10-11,17H,5-7H2,1H3. The van der Waals surface area contributed by atoms with Crippen LogP contribution in [0, 0.1) is 11.8 Å². The predicted octanol–water partition coefficient (Wildman–Crippen LogP) is 2.67. The number of fused-ring (bicyclic) bond motifs is 1. The summed E-state index contributed by atoms with van der Waals surface area (Å²) < 4.78 is 0. The Kier molecular flexibility index (Phi) is 3.46. The van der Waals surface area contributed by atoms with Gasteiger partial charge in [0.15, 0.2) is 0 Å². The van der Waals surface area contributed by atoms with Gasteiger partial charge < -0.3 is 10.2 Å². The van der Waals surface area contributed by atoms with E-state index in [-0.39, 0.29) is 11.9 Å². The van der Waals surface area contributed by atoms with Gasteiger partial charge in [-0.05, 0) is 37.0 Å². The van der Waals surface area contributed by atoms with Crippen molar-refractivity contribution in [2.24, 2.45) is 11.8 Å². The molecule has 5 heteroatoms. The topological polar surface area (TPSA) is 32.3 Å². The van der Waals surface area contributed by atoms with Gasteiger partial charge >= 0.3 is 0 Å². The Hall–Kier alpha value is -0.770. The lowest BCUT2D eigenvalue weighted by molar-refractivity contribution is 0.0728. The highest BCUT2D eigenvalue weighted by Gasteiger charge is 2.43. The largest absolute Gasteiger partial charge is 0.335 e. The van der Waals surface area contributed by atoms with Crippen LogP contribution in [0.3, 0.4) is 0 Å². The van der Waals surface area contributed by atoms with E-state index in [1.807, 2.05) is 4.90 Å². The quantitative estimate of drug-likeness (QED) is 0.864. The third-order valence-corrected chi connectivity index (χ3v) is 5.10. The monoisotopic (exact) mass is 298 g/mol. The van der Waals surface area contributed by atoms with Crippen molar-refractivity contribution in [1.29, 1.82) is 0 Å². The van der Waals surface area contributed by atoms with Crippen LogP contribution in [-0.2, 0) is 0 Å². The molecule has 3 atom stereocenters. The van der Waals surface area contributed by atoms with Crippen LogP contribution in [0.15, 0.2) is 18.2 Å². The Balaban J connectivity index is 1.82. The minimum atomic E-state index is 0.0560. The molecule has 2 saturated heterocycles. The zero-order valence-corrected chi connectivity index (χ0v) is 12.2. The fraction of sp³-hybridized carbons (Fsp3) is 0.500. The van der Waals surface area contributed by atoms with Crippen molar-refractivity contribution >= 4 is 29.1 Å². The van der Waals surface area contributed by atoms with Gasteiger partial charge in [0.05, 0.1) is 10.0 Å². The molecular weight excluding hydrogens is 283 g/mol. The number of nitrogens with one attached hydrogen (secondary N) is 1. The van der Waals surface area contributed by atoms with E-state index in [0.717, 1.165) is 19.6 Å². The molecule has 1 aromatic rings. The van der Waals surface area contributed by atoms with E-state index in [2.05, 4.69) is 12.2 Å². The van der Waals surface area contributed by atoms with E-state index in [0.29, 0.717) is 27.4 Å².